The maximum Gasteiger partial charge on any atom is 0.238 e. The number of benzene rings is 2. The van der Waals surface area contributed by atoms with Crippen molar-refractivity contribution in [2.75, 3.05) is 32.6 Å². The maximum atomic E-state index is 12.9. The van der Waals surface area contributed by atoms with Gasteiger partial charge in [-0.1, -0.05) is 35.3 Å². The van der Waals surface area contributed by atoms with Crippen LogP contribution in [0.4, 0.5) is 5.69 Å². The molecule has 1 aromatic heterocycles. The minimum absolute atomic E-state index is 0.0592. The van der Waals surface area contributed by atoms with Gasteiger partial charge in [0.2, 0.25) is 5.91 Å². The van der Waals surface area contributed by atoms with E-state index < -0.39 is 0 Å². The topological polar surface area (TPSA) is 50.8 Å². The number of methoxy groups -OCH3 is 2. The molecule has 31 heavy (non-hydrogen) atoms. The van der Waals surface area contributed by atoms with Crippen LogP contribution in [-0.4, -0.2) is 38.1 Å². The molecule has 2 aromatic carbocycles. The Labute approximate surface area is 195 Å². The Hall–Kier alpha value is -2.25. The van der Waals surface area contributed by atoms with Crippen molar-refractivity contribution in [2.24, 2.45) is 0 Å². The van der Waals surface area contributed by atoms with Crippen LogP contribution in [0.15, 0.2) is 47.8 Å². The van der Waals surface area contributed by atoms with E-state index in [-0.39, 0.29) is 18.5 Å². The second-order valence-electron chi connectivity index (χ2n) is 7.19. The van der Waals surface area contributed by atoms with Crippen LogP contribution in [0.3, 0.4) is 0 Å². The molecule has 1 N–H and O–H groups in total. The average Bonchev–Trinajstić information content (AvgIpc) is 3.29. The summed E-state index contributed by atoms with van der Waals surface area (Å²) in [6.45, 7) is 0.937. The molecular weight excluding hydrogens is 455 g/mol. The lowest BCUT2D eigenvalue weighted by Crippen LogP contribution is -2.41. The van der Waals surface area contributed by atoms with Gasteiger partial charge in [-0.05, 0) is 53.3 Å². The number of hydrogen-bond acceptors (Lipinski definition) is 5. The van der Waals surface area contributed by atoms with Gasteiger partial charge in [0.1, 0.15) is 0 Å². The van der Waals surface area contributed by atoms with Gasteiger partial charge in [0.15, 0.2) is 11.5 Å². The number of thiophene rings is 1. The van der Waals surface area contributed by atoms with Gasteiger partial charge in [0.05, 0.1) is 42.5 Å². The molecule has 5 nitrogen and oxygen atoms in total. The summed E-state index contributed by atoms with van der Waals surface area (Å²) >= 11 is 14.1. The Morgan fingerprint density at radius 2 is 1.84 bits per heavy atom. The Morgan fingerprint density at radius 3 is 2.48 bits per heavy atom. The van der Waals surface area contributed by atoms with Crippen LogP contribution >= 0.6 is 34.5 Å². The molecule has 162 valence electrons. The van der Waals surface area contributed by atoms with Crippen LogP contribution < -0.4 is 14.8 Å². The van der Waals surface area contributed by atoms with E-state index in [1.807, 2.05) is 23.6 Å². The van der Waals surface area contributed by atoms with E-state index in [4.69, 9.17) is 32.7 Å². The van der Waals surface area contributed by atoms with Gasteiger partial charge < -0.3 is 14.8 Å². The summed E-state index contributed by atoms with van der Waals surface area (Å²) in [5.41, 5.74) is 2.75. The lowest BCUT2D eigenvalue weighted by atomic mass is 9.91. The fourth-order valence-corrected chi connectivity index (χ4v) is 5.30. The largest absolute Gasteiger partial charge is 0.493 e. The molecule has 1 amide bonds. The number of nitrogens with zero attached hydrogens (tertiary/aromatic N) is 1. The number of carbonyl (C=O) groups excluding carboxylic acids is 1. The van der Waals surface area contributed by atoms with Gasteiger partial charge in [0.25, 0.3) is 0 Å². The monoisotopic (exact) mass is 476 g/mol. The average molecular weight is 477 g/mol. The predicted molar refractivity (Wildman–Crippen MR) is 126 cm³/mol. The van der Waals surface area contributed by atoms with E-state index in [2.05, 4.69) is 16.3 Å². The fourth-order valence-electron chi connectivity index (χ4n) is 3.93. The molecule has 1 aliphatic rings. The molecule has 1 atom stereocenters. The smallest absolute Gasteiger partial charge is 0.238 e. The van der Waals surface area contributed by atoms with Gasteiger partial charge in [-0.3, -0.25) is 9.69 Å². The van der Waals surface area contributed by atoms with Crippen molar-refractivity contribution in [1.82, 2.24) is 4.90 Å². The molecule has 1 aliphatic heterocycles. The third-order valence-corrected chi connectivity index (χ3v) is 6.91. The van der Waals surface area contributed by atoms with Crippen LogP contribution in [0.5, 0.6) is 11.5 Å². The highest BCUT2D eigenvalue weighted by molar-refractivity contribution is 7.10. The quantitative estimate of drug-likeness (QED) is 0.498. The molecule has 8 heteroatoms. The van der Waals surface area contributed by atoms with Crippen molar-refractivity contribution in [3.05, 3.63) is 73.9 Å². The zero-order chi connectivity index (χ0) is 22.0. The summed E-state index contributed by atoms with van der Waals surface area (Å²) in [5, 5.41) is 5.75. The molecule has 4 rings (SSSR count). The molecule has 0 spiro atoms. The number of para-hydroxylation sites is 1. The molecule has 0 saturated heterocycles. The van der Waals surface area contributed by atoms with Crippen molar-refractivity contribution >= 4 is 46.1 Å². The number of amides is 1. The molecular formula is C23H22Cl2N2O3S. The van der Waals surface area contributed by atoms with E-state index >= 15 is 0 Å². The highest BCUT2D eigenvalue weighted by Crippen LogP contribution is 2.42. The molecule has 0 saturated carbocycles. The number of anilines is 1. The molecule has 3 aromatic rings. The summed E-state index contributed by atoms with van der Waals surface area (Å²) < 4.78 is 11.0. The third kappa shape index (κ3) is 4.53. The number of ether oxygens (including phenoxy) is 2. The van der Waals surface area contributed by atoms with Gasteiger partial charge in [-0.25, -0.2) is 0 Å². The standard InChI is InChI=1S/C23H22Cl2N2O3S/c1-29-18-11-14-8-9-27(13-21(28)26-22-16(24)5-3-6-17(22)25)23(20-7-4-10-31-20)15(14)12-19(18)30-2/h3-7,10-12,23H,8-9,13H2,1-2H3,(H,26,28). The minimum Gasteiger partial charge on any atom is -0.493 e. The summed E-state index contributed by atoms with van der Waals surface area (Å²) in [6, 6.07) is 13.3. The normalized spacial score (nSPS) is 15.9. The molecule has 0 aliphatic carbocycles. The summed E-state index contributed by atoms with van der Waals surface area (Å²) in [4.78, 5) is 16.3. The first-order valence-electron chi connectivity index (χ1n) is 9.78. The first-order chi connectivity index (χ1) is 15.0. The number of hydrogen-bond donors (Lipinski definition) is 1. The van der Waals surface area contributed by atoms with Gasteiger partial charge >= 0.3 is 0 Å². The van der Waals surface area contributed by atoms with Crippen LogP contribution in [0.2, 0.25) is 10.0 Å². The van der Waals surface area contributed by atoms with E-state index in [0.717, 1.165) is 23.4 Å². The van der Waals surface area contributed by atoms with E-state index in [1.165, 1.54) is 5.56 Å². The number of nitrogens with one attached hydrogen (secondary N) is 1. The van der Waals surface area contributed by atoms with Crippen LogP contribution in [0.1, 0.15) is 22.0 Å². The van der Waals surface area contributed by atoms with Crippen molar-refractivity contribution in [1.29, 1.82) is 0 Å². The van der Waals surface area contributed by atoms with E-state index in [9.17, 15) is 4.79 Å². The molecule has 0 radical (unpaired) electrons. The Balaban J connectivity index is 1.64. The Bertz CT molecular complexity index is 1070. The van der Waals surface area contributed by atoms with E-state index in [1.54, 1.807) is 43.8 Å². The van der Waals surface area contributed by atoms with Crippen molar-refractivity contribution in [2.45, 2.75) is 12.5 Å². The van der Waals surface area contributed by atoms with Crippen molar-refractivity contribution < 1.29 is 14.3 Å². The summed E-state index contributed by atoms with van der Waals surface area (Å²) in [6.07, 6.45) is 0.803. The fraction of sp³-hybridized carbons (Fsp3) is 0.261. The SMILES string of the molecule is COc1cc2c(cc1OC)C(c1cccs1)N(CC(=O)Nc1c(Cl)cccc1Cl)CC2. The number of fused-ring (bicyclic) bond motifs is 1. The maximum absolute atomic E-state index is 12.9. The summed E-state index contributed by atoms with van der Waals surface area (Å²) in [5.74, 6) is 1.23. The van der Waals surface area contributed by atoms with Crippen LogP contribution in [0.25, 0.3) is 0 Å². The van der Waals surface area contributed by atoms with Gasteiger partial charge in [-0.2, -0.15) is 0 Å². The predicted octanol–water partition coefficient (Wildman–Crippen LogP) is 5.66. The number of carbonyl (C=O) groups is 1. The molecule has 2 heterocycles. The van der Waals surface area contributed by atoms with Gasteiger partial charge in [-0.15, -0.1) is 11.3 Å². The van der Waals surface area contributed by atoms with Gasteiger partial charge in [0, 0.05) is 11.4 Å². The molecule has 0 bridgehead atoms. The third-order valence-electron chi connectivity index (χ3n) is 5.36. The van der Waals surface area contributed by atoms with Crippen molar-refractivity contribution in [3.8, 4) is 11.5 Å². The van der Waals surface area contributed by atoms with Crippen molar-refractivity contribution in [3.63, 3.8) is 0 Å². The Morgan fingerprint density at radius 1 is 1.13 bits per heavy atom. The second kappa shape index (κ2) is 9.49. The zero-order valence-corrected chi connectivity index (χ0v) is 19.5. The summed E-state index contributed by atoms with van der Waals surface area (Å²) in [7, 11) is 3.27. The minimum atomic E-state index is -0.166. The lowest BCUT2D eigenvalue weighted by molar-refractivity contribution is -0.117. The first-order valence-corrected chi connectivity index (χ1v) is 11.4. The lowest BCUT2D eigenvalue weighted by Gasteiger charge is -2.37. The highest BCUT2D eigenvalue weighted by Gasteiger charge is 2.32. The van der Waals surface area contributed by atoms with Crippen LogP contribution in [0, 0.1) is 0 Å². The molecule has 0 fully saturated rings. The number of rotatable bonds is 6. The zero-order valence-electron chi connectivity index (χ0n) is 17.2. The Kier molecular flexibility index (Phi) is 6.72. The highest BCUT2D eigenvalue weighted by atomic mass is 35.5. The first kappa shape index (κ1) is 22.0. The van der Waals surface area contributed by atoms with E-state index in [0.29, 0.717) is 27.2 Å². The van der Waals surface area contributed by atoms with Crippen LogP contribution in [-0.2, 0) is 11.2 Å². The molecule has 1 unspecified atom stereocenters. The second-order valence-corrected chi connectivity index (χ2v) is 8.98. The number of halogens is 2.